The highest BCUT2D eigenvalue weighted by Gasteiger charge is 2.41. The third-order valence-electron chi connectivity index (χ3n) is 4.05. The smallest absolute Gasteiger partial charge is 0.313 e. The van der Waals surface area contributed by atoms with Gasteiger partial charge in [-0.25, -0.2) is 0 Å². The fraction of sp³-hybridized carbons (Fsp3) is 0.150. The van der Waals surface area contributed by atoms with Gasteiger partial charge in [-0.2, -0.15) is 0 Å². The van der Waals surface area contributed by atoms with Gasteiger partial charge in [0, 0.05) is 5.39 Å². The molecule has 0 spiro atoms. The average molecular weight is 304 g/mol. The van der Waals surface area contributed by atoms with E-state index in [4.69, 9.17) is 9.47 Å². The molecule has 1 aliphatic rings. The number of rotatable bonds is 4. The molecule has 3 aromatic carbocycles. The monoisotopic (exact) mass is 304 g/mol. The summed E-state index contributed by atoms with van der Waals surface area (Å²) in [6.07, 6.45) is 0.194. The molecule has 3 nitrogen and oxygen atoms in total. The van der Waals surface area contributed by atoms with Gasteiger partial charge < -0.3 is 9.47 Å². The molecule has 23 heavy (non-hydrogen) atoms. The van der Waals surface area contributed by atoms with Crippen LogP contribution in [0.5, 0.6) is 5.75 Å². The highest BCUT2D eigenvalue weighted by molar-refractivity contribution is 5.90. The summed E-state index contributed by atoms with van der Waals surface area (Å²) in [7, 11) is 0. The maximum absolute atomic E-state index is 12.2. The van der Waals surface area contributed by atoms with Crippen molar-refractivity contribution in [2.45, 2.75) is 18.6 Å². The molecule has 114 valence electrons. The molecular weight excluding hydrogens is 288 g/mol. The second-order valence-electron chi connectivity index (χ2n) is 5.66. The van der Waals surface area contributed by atoms with Gasteiger partial charge in [0.2, 0.25) is 0 Å². The summed E-state index contributed by atoms with van der Waals surface area (Å²) in [6, 6.07) is 23.5. The van der Waals surface area contributed by atoms with Crippen molar-refractivity contribution in [3.05, 3.63) is 78.4 Å². The lowest BCUT2D eigenvalue weighted by Crippen LogP contribution is -2.11. The number of esters is 1. The van der Waals surface area contributed by atoms with Gasteiger partial charge in [0.15, 0.2) is 0 Å². The number of ether oxygens (including phenoxy) is 2. The van der Waals surface area contributed by atoms with Crippen LogP contribution < -0.4 is 4.74 Å². The molecule has 0 amide bonds. The van der Waals surface area contributed by atoms with Gasteiger partial charge in [0.1, 0.15) is 11.9 Å². The van der Waals surface area contributed by atoms with Crippen molar-refractivity contribution in [2.24, 2.45) is 0 Å². The molecule has 1 fully saturated rings. The lowest BCUT2D eigenvalue weighted by molar-refractivity contribution is -0.134. The minimum Gasteiger partial charge on any atom is -0.426 e. The Morgan fingerprint density at radius 3 is 2.52 bits per heavy atom. The number of epoxide rings is 1. The maximum atomic E-state index is 12.2. The van der Waals surface area contributed by atoms with Gasteiger partial charge in [-0.1, -0.05) is 66.7 Å². The van der Waals surface area contributed by atoms with Crippen LogP contribution in [-0.2, 0) is 9.53 Å². The third-order valence-corrected chi connectivity index (χ3v) is 4.05. The fourth-order valence-corrected chi connectivity index (χ4v) is 2.85. The van der Waals surface area contributed by atoms with Crippen molar-refractivity contribution in [2.75, 3.05) is 0 Å². The molecule has 3 aromatic rings. The first-order valence-electron chi connectivity index (χ1n) is 7.70. The lowest BCUT2D eigenvalue weighted by atomic mass is 10.1. The van der Waals surface area contributed by atoms with E-state index in [-0.39, 0.29) is 24.6 Å². The van der Waals surface area contributed by atoms with Crippen LogP contribution in [0.15, 0.2) is 72.8 Å². The lowest BCUT2D eigenvalue weighted by Gasteiger charge is -2.07. The molecule has 1 aliphatic heterocycles. The summed E-state index contributed by atoms with van der Waals surface area (Å²) in [5, 5.41) is 2.00. The van der Waals surface area contributed by atoms with Crippen LogP contribution in [0.4, 0.5) is 0 Å². The Labute approximate surface area is 134 Å². The van der Waals surface area contributed by atoms with E-state index in [0.717, 1.165) is 16.3 Å². The minimum absolute atomic E-state index is 0.0104. The predicted molar refractivity (Wildman–Crippen MR) is 88.3 cm³/mol. The van der Waals surface area contributed by atoms with Crippen LogP contribution in [-0.4, -0.2) is 12.1 Å². The molecular formula is C20H16O3. The average Bonchev–Trinajstić information content (AvgIpc) is 3.35. The van der Waals surface area contributed by atoms with E-state index < -0.39 is 0 Å². The molecule has 0 bridgehead atoms. The van der Waals surface area contributed by atoms with E-state index >= 15 is 0 Å². The van der Waals surface area contributed by atoms with E-state index in [2.05, 4.69) is 0 Å². The number of carbonyl (C=O) groups is 1. The topological polar surface area (TPSA) is 38.8 Å². The molecule has 2 atom stereocenters. The molecule has 1 saturated heterocycles. The Hall–Kier alpha value is -2.65. The zero-order valence-electron chi connectivity index (χ0n) is 12.5. The number of benzene rings is 3. The molecule has 0 N–H and O–H groups in total. The molecule has 1 heterocycles. The van der Waals surface area contributed by atoms with Crippen LogP contribution >= 0.6 is 0 Å². The summed E-state index contributed by atoms with van der Waals surface area (Å²) < 4.78 is 11.1. The second-order valence-corrected chi connectivity index (χ2v) is 5.66. The van der Waals surface area contributed by atoms with E-state index in [1.54, 1.807) is 0 Å². The Morgan fingerprint density at radius 2 is 1.65 bits per heavy atom. The SMILES string of the molecule is O=C(CC1OC1c1ccccc1)Oc1cccc2ccccc12. The Balaban J connectivity index is 1.43. The quantitative estimate of drug-likeness (QED) is 0.410. The number of fused-ring (bicyclic) bond motifs is 1. The number of carbonyl (C=O) groups excluding carboxylic acids is 1. The van der Waals surface area contributed by atoms with Crippen molar-refractivity contribution < 1.29 is 14.3 Å². The summed E-state index contributed by atoms with van der Waals surface area (Å²) in [4.78, 5) is 12.2. The first-order chi connectivity index (χ1) is 11.3. The van der Waals surface area contributed by atoms with Crippen LogP contribution in [0.25, 0.3) is 10.8 Å². The number of hydrogen-bond donors (Lipinski definition) is 0. The number of hydrogen-bond acceptors (Lipinski definition) is 3. The van der Waals surface area contributed by atoms with Gasteiger partial charge >= 0.3 is 5.97 Å². The molecule has 2 unspecified atom stereocenters. The summed E-state index contributed by atoms with van der Waals surface area (Å²) in [5.41, 5.74) is 1.11. The van der Waals surface area contributed by atoms with Crippen LogP contribution in [0.2, 0.25) is 0 Å². The first-order valence-corrected chi connectivity index (χ1v) is 7.70. The van der Waals surface area contributed by atoms with E-state index in [9.17, 15) is 4.79 Å². The normalized spacial score (nSPS) is 19.5. The minimum atomic E-state index is -0.259. The van der Waals surface area contributed by atoms with E-state index in [1.165, 1.54) is 0 Å². The Kier molecular flexibility index (Phi) is 3.56. The van der Waals surface area contributed by atoms with Gasteiger partial charge in [0.25, 0.3) is 0 Å². The fourth-order valence-electron chi connectivity index (χ4n) is 2.85. The van der Waals surface area contributed by atoms with Crippen molar-refractivity contribution in [3.8, 4) is 5.75 Å². The Morgan fingerprint density at radius 1 is 0.913 bits per heavy atom. The molecule has 0 radical (unpaired) electrons. The zero-order chi connectivity index (χ0) is 15.6. The highest BCUT2D eigenvalue weighted by atomic mass is 16.6. The molecule has 3 heteroatoms. The van der Waals surface area contributed by atoms with E-state index in [0.29, 0.717) is 5.75 Å². The second kappa shape index (κ2) is 5.86. The van der Waals surface area contributed by atoms with Gasteiger partial charge in [-0.05, 0) is 17.0 Å². The Bertz CT molecular complexity index is 836. The first kappa shape index (κ1) is 14.0. The zero-order valence-corrected chi connectivity index (χ0v) is 12.5. The van der Waals surface area contributed by atoms with Crippen molar-refractivity contribution >= 4 is 16.7 Å². The third kappa shape index (κ3) is 2.96. The van der Waals surface area contributed by atoms with Gasteiger partial charge in [-0.3, -0.25) is 4.79 Å². The van der Waals surface area contributed by atoms with E-state index in [1.807, 2.05) is 72.8 Å². The predicted octanol–water partition coefficient (Wildman–Crippen LogP) is 4.28. The van der Waals surface area contributed by atoms with Crippen LogP contribution in [0.3, 0.4) is 0 Å². The standard InChI is InChI=1S/C20H16O3/c21-19(13-18-20(23-18)15-8-2-1-3-9-15)22-17-12-6-10-14-7-4-5-11-16(14)17/h1-12,18,20H,13H2. The maximum Gasteiger partial charge on any atom is 0.313 e. The molecule has 0 aromatic heterocycles. The van der Waals surface area contributed by atoms with Crippen molar-refractivity contribution in [1.29, 1.82) is 0 Å². The molecule has 0 saturated carbocycles. The largest absolute Gasteiger partial charge is 0.426 e. The van der Waals surface area contributed by atoms with Gasteiger partial charge in [-0.15, -0.1) is 0 Å². The summed E-state index contributed by atoms with van der Waals surface area (Å²) in [6.45, 7) is 0. The molecule has 0 aliphatic carbocycles. The highest BCUT2D eigenvalue weighted by Crippen LogP contribution is 2.40. The molecule has 4 rings (SSSR count). The van der Waals surface area contributed by atoms with Crippen molar-refractivity contribution in [3.63, 3.8) is 0 Å². The van der Waals surface area contributed by atoms with Gasteiger partial charge in [0.05, 0.1) is 12.5 Å². The summed E-state index contributed by atoms with van der Waals surface area (Å²) >= 11 is 0. The van der Waals surface area contributed by atoms with Crippen LogP contribution in [0, 0.1) is 0 Å². The van der Waals surface area contributed by atoms with Crippen molar-refractivity contribution in [1.82, 2.24) is 0 Å². The summed E-state index contributed by atoms with van der Waals surface area (Å²) in [5.74, 6) is 0.342. The van der Waals surface area contributed by atoms with Crippen LogP contribution in [0.1, 0.15) is 18.1 Å².